The number of thioether (sulfide) groups is 1. The number of carboxylic acids is 1. The molecule has 0 saturated carbocycles. The molecule has 5 heteroatoms. The van der Waals surface area contributed by atoms with E-state index in [9.17, 15) is 4.79 Å². The summed E-state index contributed by atoms with van der Waals surface area (Å²) < 4.78 is 0. The van der Waals surface area contributed by atoms with Crippen molar-refractivity contribution in [3.8, 4) is 0 Å². The Labute approximate surface area is 126 Å². The quantitative estimate of drug-likeness (QED) is 0.888. The van der Waals surface area contributed by atoms with Crippen molar-refractivity contribution >= 4 is 35.0 Å². The van der Waals surface area contributed by atoms with E-state index in [4.69, 9.17) is 16.7 Å². The maximum absolute atomic E-state index is 11.1. The van der Waals surface area contributed by atoms with Crippen LogP contribution in [0, 0.1) is 0 Å². The Morgan fingerprint density at radius 3 is 2.90 bits per heavy atom. The maximum Gasteiger partial charge on any atom is 0.337 e. The van der Waals surface area contributed by atoms with Crippen molar-refractivity contribution in [3.05, 3.63) is 58.6 Å². The van der Waals surface area contributed by atoms with Crippen LogP contribution < -0.4 is 5.32 Å². The number of hydrogen-bond donors (Lipinski definition) is 2. The van der Waals surface area contributed by atoms with E-state index in [0.717, 1.165) is 11.4 Å². The fourth-order valence-corrected chi connectivity index (χ4v) is 3.62. The van der Waals surface area contributed by atoms with Gasteiger partial charge in [-0.3, -0.25) is 0 Å². The smallest absolute Gasteiger partial charge is 0.337 e. The van der Waals surface area contributed by atoms with Gasteiger partial charge in [-0.25, -0.2) is 4.79 Å². The van der Waals surface area contributed by atoms with Gasteiger partial charge in [0.05, 0.1) is 16.6 Å². The van der Waals surface area contributed by atoms with Crippen LogP contribution in [-0.4, -0.2) is 16.8 Å². The minimum absolute atomic E-state index is 0.121. The summed E-state index contributed by atoms with van der Waals surface area (Å²) in [5.41, 5.74) is 2.15. The molecule has 0 spiro atoms. The molecule has 3 rings (SSSR count). The van der Waals surface area contributed by atoms with E-state index in [1.54, 1.807) is 30.0 Å². The second-order valence-electron chi connectivity index (χ2n) is 4.55. The lowest BCUT2D eigenvalue weighted by Gasteiger charge is -2.15. The van der Waals surface area contributed by atoms with E-state index >= 15 is 0 Å². The largest absolute Gasteiger partial charge is 0.478 e. The molecule has 0 bridgehead atoms. The Morgan fingerprint density at radius 1 is 1.30 bits per heavy atom. The lowest BCUT2D eigenvalue weighted by molar-refractivity contribution is 0.0697. The third-order valence-electron chi connectivity index (χ3n) is 3.24. The molecule has 0 saturated heterocycles. The number of fused-ring (bicyclic) bond motifs is 1. The van der Waals surface area contributed by atoms with Crippen LogP contribution in [0.1, 0.15) is 22.0 Å². The van der Waals surface area contributed by atoms with Gasteiger partial charge in [-0.15, -0.1) is 11.8 Å². The number of anilines is 1. The van der Waals surface area contributed by atoms with Crippen molar-refractivity contribution in [2.75, 3.05) is 11.1 Å². The van der Waals surface area contributed by atoms with Crippen LogP contribution in [0.3, 0.4) is 0 Å². The van der Waals surface area contributed by atoms with Crippen LogP contribution in [0.25, 0.3) is 0 Å². The Balaban J connectivity index is 1.86. The highest BCUT2D eigenvalue weighted by Gasteiger charge is 2.22. The minimum Gasteiger partial charge on any atom is -0.478 e. The molecule has 1 heterocycles. The van der Waals surface area contributed by atoms with Gasteiger partial charge in [0.1, 0.15) is 0 Å². The van der Waals surface area contributed by atoms with Crippen LogP contribution in [-0.2, 0) is 0 Å². The third-order valence-corrected chi connectivity index (χ3v) is 4.75. The molecule has 0 radical (unpaired) electrons. The van der Waals surface area contributed by atoms with Crippen LogP contribution >= 0.6 is 23.4 Å². The second-order valence-corrected chi connectivity index (χ2v) is 6.01. The molecule has 20 heavy (non-hydrogen) atoms. The first-order valence-corrected chi connectivity index (χ1v) is 7.52. The molecule has 102 valence electrons. The second kappa shape index (κ2) is 5.38. The normalized spacial score (nSPS) is 16.8. The molecule has 2 aromatic rings. The van der Waals surface area contributed by atoms with Crippen LogP contribution in [0.5, 0.6) is 0 Å². The van der Waals surface area contributed by atoms with Gasteiger partial charge in [0.2, 0.25) is 0 Å². The van der Waals surface area contributed by atoms with Gasteiger partial charge in [0, 0.05) is 16.3 Å². The zero-order chi connectivity index (χ0) is 14.1. The number of carbonyl (C=O) groups is 1. The van der Waals surface area contributed by atoms with Crippen LogP contribution in [0.15, 0.2) is 47.4 Å². The van der Waals surface area contributed by atoms with Crippen LogP contribution in [0.2, 0.25) is 5.02 Å². The van der Waals surface area contributed by atoms with Gasteiger partial charge < -0.3 is 10.4 Å². The summed E-state index contributed by atoms with van der Waals surface area (Å²) in [4.78, 5) is 12.4. The van der Waals surface area contributed by atoms with Gasteiger partial charge in [0.25, 0.3) is 0 Å². The van der Waals surface area contributed by atoms with Crippen molar-refractivity contribution < 1.29 is 9.90 Å². The Morgan fingerprint density at radius 2 is 2.10 bits per heavy atom. The van der Waals surface area contributed by atoms with Gasteiger partial charge in [0.15, 0.2) is 0 Å². The minimum atomic E-state index is -1.01. The number of carboxylic acid groups (broad SMARTS) is 1. The average Bonchev–Trinajstić information content (AvgIpc) is 2.84. The first-order valence-electron chi connectivity index (χ1n) is 6.16. The molecular formula is C15H12ClNO2S. The lowest BCUT2D eigenvalue weighted by Crippen LogP contribution is -2.10. The average molecular weight is 306 g/mol. The number of halogens is 1. The Hall–Kier alpha value is -1.65. The number of hydrogen-bond acceptors (Lipinski definition) is 3. The first-order chi connectivity index (χ1) is 9.65. The highest BCUT2D eigenvalue weighted by Crippen LogP contribution is 2.39. The summed E-state index contributed by atoms with van der Waals surface area (Å²) in [5.74, 6) is -0.0791. The summed E-state index contributed by atoms with van der Waals surface area (Å²) >= 11 is 7.68. The van der Waals surface area contributed by atoms with E-state index in [1.807, 2.05) is 12.1 Å². The SMILES string of the molecule is O=C(O)c1cc(NC2CSc3ccccc32)ccc1Cl. The summed E-state index contributed by atoms with van der Waals surface area (Å²) in [6, 6.07) is 13.4. The first kappa shape index (κ1) is 13.3. The fourth-order valence-electron chi connectivity index (χ4n) is 2.26. The molecule has 2 aromatic carbocycles. The molecule has 1 atom stereocenters. The molecule has 0 aliphatic carbocycles. The predicted octanol–water partition coefficient (Wildman–Crippen LogP) is 4.30. The van der Waals surface area contributed by atoms with Gasteiger partial charge in [-0.1, -0.05) is 29.8 Å². The van der Waals surface area contributed by atoms with Crippen molar-refractivity contribution in [1.29, 1.82) is 0 Å². The maximum atomic E-state index is 11.1. The highest BCUT2D eigenvalue weighted by molar-refractivity contribution is 7.99. The van der Waals surface area contributed by atoms with E-state index < -0.39 is 5.97 Å². The van der Waals surface area contributed by atoms with E-state index in [-0.39, 0.29) is 16.6 Å². The molecule has 1 unspecified atom stereocenters. The summed E-state index contributed by atoms with van der Waals surface area (Å²) in [5, 5.41) is 12.7. The number of rotatable bonds is 3. The molecule has 0 aromatic heterocycles. The Kier molecular flexibility index (Phi) is 3.59. The number of aromatic carboxylic acids is 1. The molecule has 1 aliphatic heterocycles. The standard InChI is InChI=1S/C15H12ClNO2S/c16-12-6-5-9(7-11(12)15(18)19)17-13-8-20-14-4-2-1-3-10(13)14/h1-7,13,17H,8H2,(H,18,19). The fraction of sp³-hybridized carbons (Fsp3) is 0.133. The molecule has 3 nitrogen and oxygen atoms in total. The molecule has 0 amide bonds. The Bertz CT molecular complexity index is 675. The summed E-state index contributed by atoms with van der Waals surface area (Å²) in [7, 11) is 0. The lowest BCUT2D eigenvalue weighted by atomic mass is 10.1. The van der Waals surface area contributed by atoms with Gasteiger partial charge in [-0.05, 0) is 29.8 Å². The molecule has 1 aliphatic rings. The zero-order valence-electron chi connectivity index (χ0n) is 10.5. The van der Waals surface area contributed by atoms with Crippen LogP contribution in [0.4, 0.5) is 5.69 Å². The number of benzene rings is 2. The molecule has 2 N–H and O–H groups in total. The van der Waals surface area contributed by atoms with Crippen molar-refractivity contribution in [3.63, 3.8) is 0 Å². The monoisotopic (exact) mass is 305 g/mol. The number of nitrogens with one attached hydrogen (secondary N) is 1. The summed E-state index contributed by atoms with van der Waals surface area (Å²) in [6.07, 6.45) is 0. The van der Waals surface area contributed by atoms with E-state index in [1.165, 1.54) is 10.5 Å². The van der Waals surface area contributed by atoms with Crippen molar-refractivity contribution in [2.45, 2.75) is 10.9 Å². The topological polar surface area (TPSA) is 49.3 Å². The molecular weight excluding hydrogens is 294 g/mol. The molecule has 0 fully saturated rings. The van der Waals surface area contributed by atoms with Gasteiger partial charge in [-0.2, -0.15) is 0 Å². The predicted molar refractivity (Wildman–Crippen MR) is 81.9 cm³/mol. The highest BCUT2D eigenvalue weighted by atomic mass is 35.5. The van der Waals surface area contributed by atoms with Crippen molar-refractivity contribution in [2.24, 2.45) is 0 Å². The van der Waals surface area contributed by atoms with Crippen molar-refractivity contribution in [1.82, 2.24) is 0 Å². The van der Waals surface area contributed by atoms with E-state index in [2.05, 4.69) is 17.4 Å². The van der Waals surface area contributed by atoms with E-state index in [0.29, 0.717) is 0 Å². The van der Waals surface area contributed by atoms with Gasteiger partial charge >= 0.3 is 5.97 Å². The third kappa shape index (κ3) is 2.49. The summed E-state index contributed by atoms with van der Waals surface area (Å²) in [6.45, 7) is 0. The zero-order valence-corrected chi connectivity index (χ0v) is 12.0.